The predicted octanol–water partition coefficient (Wildman–Crippen LogP) is 1.48. The second-order valence-corrected chi connectivity index (χ2v) is 4.28. The highest BCUT2D eigenvalue weighted by Crippen LogP contribution is 2.25. The molecule has 0 saturated carbocycles. The second-order valence-electron chi connectivity index (χ2n) is 4.28. The van der Waals surface area contributed by atoms with E-state index in [9.17, 15) is 27.7 Å². The van der Waals surface area contributed by atoms with Gasteiger partial charge < -0.3 is 0 Å². The van der Waals surface area contributed by atoms with Crippen LogP contribution in [0.15, 0.2) is 6.20 Å². The van der Waals surface area contributed by atoms with Crippen LogP contribution < -0.4 is 0 Å². The summed E-state index contributed by atoms with van der Waals surface area (Å²) in [5.41, 5.74) is -0.881. The number of tetrazole rings is 1. The highest BCUT2D eigenvalue weighted by molar-refractivity contribution is 5.24. The van der Waals surface area contributed by atoms with Crippen molar-refractivity contribution in [3.8, 4) is 0 Å². The van der Waals surface area contributed by atoms with E-state index in [1.165, 1.54) is 0 Å². The van der Waals surface area contributed by atoms with Crippen LogP contribution in [0.3, 0.4) is 0 Å². The zero-order valence-corrected chi connectivity index (χ0v) is 11.0. The van der Waals surface area contributed by atoms with Crippen LogP contribution in [0.2, 0.25) is 0 Å². The SMILES string of the molecule is CCC(c1nnnn1CC(F)(F)F)n1cc([N+](=O)[O-])c(F)n1. The Bertz CT molecular complexity index is 680. The number of rotatable bonds is 5. The zero-order chi connectivity index (χ0) is 16.5. The van der Waals surface area contributed by atoms with Gasteiger partial charge in [-0.1, -0.05) is 6.92 Å². The van der Waals surface area contributed by atoms with Gasteiger partial charge in [0.05, 0.1) is 4.92 Å². The minimum absolute atomic E-state index is 0.149. The molecule has 1 atom stereocenters. The van der Waals surface area contributed by atoms with Gasteiger partial charge in [0.25, 0.3) is 0 Å². The summed E-state index contributed by atoms with van der Waals surface area (Å²) >= 11 is 0. The summed E-state index contributed by atoms with van der Waals surface area (Å²) in [5.74, 6) is -1.56. The first-order valence-electron chi connectivity index (χ1n) is 5.94. The molecule has 0 amide bonds. The predicted molar refractivity (Wildman–Crippen MR) is 61.1 cm³/mol. The Hall–Kier alpha value is -2.60. The quantitative estimate of drug-likeness (QED) is 0.469. The van der Waals surface area contributed by atoms with Gasteiger partial charge in [0.2, 0.25) is 0 Å². The standard InChI is InChI=1S/C9H9F4N7O2/c1-2-5(18-3-6(20(21)22)7(10)15-18)8-14-16-17-19(8)4-9(11,12)13/h3,5H,2,4H2,1H3. The van der Waals surface area contributed by atoms with Crippen LogP contribution >= 0.6 is 0 Å². The molecule has 1 unspecified atom stereocenters. The molecule has 22 heavy (non-hydrogen) atoms. The molecule has 0 bridgehead atoms. The molecule has 0 aliphatic heterocycles. The molecular formula is C9H9F4N7O2. The normalized spacial score (nSPS) is 13.3. The van der Waals surface area contributed by atoms with E-state index in [2.05, 4.69) is 20.6 Å². The van der Waals surface area contributed by atoms with Crippen molar-refractivity contribution in [3.63, 3.8) is 0 Å². The molecule has 0 saturated heterocycles. The van der Waals surface area contributed by atoms with Gasteiger partial charge in [-0.3, -0.25) is 14.8 Å². The molecule has 0 spiro atoms. The smallest absolute Gasteiger partial charge is 0.258 e. The van der Waals surface area contributed by atoms with Gasteiger partial charge in [-0.2, -0.15) is 17.6 Å². The van der Waals surface area contributed by atoms with E-state index in [0.717, 1.165) is 10.9 Å². The highest BCUT2D eigenvalue weighted by Gasteiger charge is 2.33. The Morgan fingerprint density at radius 2 is 2.14 bits per heavy atom. The minimum atomic E-state index is -4.55. The Morgan fingerprint density at radius 3 is 2.64 bits per heavy atom. The van der Waals surface area contributed by atoms with Crippen molar-refractivity contribution in [3.05, 3.63) is 28.1 Å². The topological polar surface area (TPSA) is 105 Å². The van der Waals surface area contributed by atoms with E-state index in [1.54, 1.807) is 6.92 Å². The van der Waals surface area contributed by atoms with Crippen molar-refractivity contribution in [1.82, 2.24) is 30.0 Å². The number of hydrogen-bond acceptors (Lipinski definition) is 6. The monoisotopic (exact) mass is 323 g/mol. The fraction of sp³-hybridized carbons (Fsp3) is 0.556. The van der Waals surface area contributed by atoms with Gasteiger partial charge in [0.1, 0.15) is 18.8 Å². The average molecular weight is 323 g/mol. The maximum absolute atomic E-state index is 13.4. The fourth-order valence-electron chi connectivity index (χ4n) is 1.86. The number of hydrogen-bond donors (Lipinski definition) is 0. The van der Waals surface area contributed by atoms with E-state index in [-0.39, 0.29) is 12.2 Å². The van der Waals surface area contributed by atoms with Crippen molar-refractivity contribution in [1.29, 1.82) is 0 Å². The highest BCUT2D eigenvalue weighted by atomic mass is 19.4. The lowest BCUT2D eigenvalue weighted by atomic mass is 10.2. The molecule has 2 aromatic rings. The van der Waals surface area contributed by atoms with Gasteiger partial charge in [0, 0.05) is 0 Å². The molecule has 0 fully saturated rings. The van der Waals surface area contributed by atoms with E-state index < -0.39 is 35.3 Å². The molecule has 0 aliphatic carbocycles. The summed E-state index contributed by atoms with van der Waals surface area (Å²) in [6, 6.07) is -0.972. The van der Waals surface area contributed by atoms with Gasteiger partial charge in [-0.05, 0) is 16.8 Å². The zero-order valence-electron chi connectivity index (χ0n) is 11.0. The third-order valence-corrected chi connectivity index (χ3v) is 2.76. The van der Waals surface area contributed by atoms with E-state index in [1.807, 2.05) is 0 Å². The molecule has 9 nitrogen and oxygen atoms in total. The lowest BCUT2D eigenvalue weighted by molar-refractivity contribution is -0.387. The summed E-state index contributed by atoms with van der Waals surface area (Å²) in [6.07, 6.45) is -3.61. The van der Waals surface area contributed by atoms with Crippen LogP contribution in [0, 0.1) is 16.1 Å². The first-order chi connectivity index (χ1) is 10.2. The number of aromatic nitrogens is 6. The van der Waals surface area contributed by atoms with Crippen molar-refractivity contribution < 1.29 is 22.5 Å². The Kier molecular flexibility index (Phi) is 4.05. The minimum Gasteiger partial charge on any atom is -0.258 e. The fourth-order valence-corrected chi connectivity index (χ4v) is 1.86. The van der Waals surface area contributed by atoms with Crippen molar-refractivity contribution in [2.45, 2.75) is 32.1 Å². The summed E-state index contributed by atoms with van der Waals surface area (Å²) in [7, 11) is 0. The molecule has 2 rings (SSSR count). The summed E-state index contributed by atoms with van der Waals surface area (Å²) < 4.78 is 52.1. The second kappa shape index (κ2) is 5.65. The summed E-state index contributed by atoms with van der Waals surface area (Å²) in [4.78, 5) is 9.62. The van der Waals surface area contributed by atoms with Crippen molar-refractivity contribution in [2.75, 3.05) is 0 Å². The van der Waals surface area contributed by atoms with Crippen LogP contribution in [0.4, 0.5) is 23.2 Å². The van der Waals surface area contributed by atoms with Crippen LogP contribution in [0.5, 0.6) is 0 Å². The maximum Gasteiger partial charge on any atom is 0.408 e. The molecule has 0 aromatic carbocycles. The first-order valence-corrected chi connectivity index (χ1v) is 5.94. The number of nitro groups is 1. The summed E-state index contributed by atoms with van der Waals surface area (Å²) in [5, 5.41) is 23.8. The molecule has 120 valence electrons. The van der Waals surface area contributed by atoms with Crippen LogP contribution in [0.25, 0.3) is 0 Å². The van der Waals surface area contributed by atoms with E-state index >= 15 is 0 Å². The number of halogens is 4. The molecule has 0 N–H and O–H groups in total. The Labute approximate surface area is 119 Å². The molecule has 0 radical (unpaired) electrons. The largest absolute Gasteiger partial charge is 0.408 e. The average Bonchev–Trinajstić information content (AvgIpc) is 2.96. The van der Waals surface area contributed by atoms with Crippen LogP contribution in [-0.2, 0) is 6.54 Å². The molecule has 2 heterocycles. The van der Waals surface area contributed by atoms with E-state index in [4.69, 9.17) is 0 Å². The molecule has 13 heteroatoms. The lowest BCUT2D eigenvalue weighted by Gasteiger charge is -2.15. The Balaban J connectivity index is 2.39. The molecule has 2 aromatic heterocycles. The number of alkyl halides is 3. The lowest BCUT2D eigenvalue weighted by Crippen LogP contribution is -2.24. The van der Waals surface area contributed by atoms with Gasteiger partial charge in [0.15, 0.2) is 5.82 Å². The van der Waals surface area contributed by atoms with Crippen molar-refractivity contribution >= 4 is 5.69 Å². The molecule has 0 aliphatic rings. The molecular weight excluding hydrogens is 314 g/mol. The van der Waals surface area contributed by atoms with Crippen LogP contribution in [0.1, 0.15) is 25.2 Å². The first kappa shape index (κ1) is 15.8. The summed E-state index contributed by atoms with van der Waals surface area (Å²) in [6.45, 7) is 0.139. The third-order valence-electron chi connectivity index (χ3n) is 2.76. The van der Waals surface area contributed by atoms with Gasteiger partial charge >= 0.3 is 17.8 Å². The number of nitrogens with zero attached hydrogens (tertiary/aromatic N) is 7. The van der Waals surface area contributed by atoms with E-state index in [0.29, 0.717) is 4.68 Å². The van der Waals surface area contributed by atoms with Crippen molar-refractivity contribution in [2.24, 2.45) is 0 Å². The Morgan fingerprint density at radius 1 is 1.45 bits per heavy atom. The van der Waals surface area contributed by atoms with Crippen LogP contribution in [-0.4, -0.2) is 41.1 Å². The van der Waals surface area contributed by atoms with Gasteiger partial charge in [-0.15, -0.1) is 10.2 Å². The van der Waals surface area contributed by atoms with Gasteiger partial charge in [-0.25, -0.2) is 4.68 Å². The maximum atomic E-state index is 13.4. The third kappa shape index (κ3) is 3.17.